The van der Waals surface area contributed by atoms with Crippen molar-refractivity contribution in [3.63, 3.8) is 0 Å². The summed E-state index contributed by atoms with van der Waals surface area (Å²) < 4.78 is 51.8. The van der Waals surface area contributed by atoms with E-state index in [-0.39, 0.29) is 24.4 Å². The first-order valence-corrected chi connectivity index (χ1v) is 8.02. The summed E-state index contributed by atoms with van der Waals surface area (Å²) in [6.45, 7) is 0.148. The number of likely N-dealkylation sites (tertiary alicyclic amines) is 1. The summed E-state index contributed by atoms with van der Waals surface area (Å²) in [4.78, 5) is 24.5. The predicted molar refractivity (Wildman–Crippen MR) is 84.4 cm³/mol. The number of hydrogen-bond donors (Lipinski definition) is 1. The van der Waals surface area contributed by atoms with Gasteiger partial charge in [0, 0.05) is 24.6 Å². The van der Waals surface area contributed by atoms with Gasteiger partial charge in [0.15, 0.2) is 0 Å². The number of alkyl halides is 1. The van der Waals surface area contributed by atoms with Crippen molar-refractivity contribution in [3.8, 4) is 0 Å². The van der Waals surface area contributed by atoms with Gasteiger partial charge in [0.25, 0.3) is 5.56 Å². The highest BCUT2D eigenvalue weighted by molar-refractivity contribution is 5.68. The topological polar surface area (TPSA) is 75.5 Å². The van der Waals surface area contributed by atoms with Crippen LogP contribution in [0.3, 0.4) is 0 Å². The average Bonchev–Trinajstić information content (AvgIpc) is 3.05. The number of ether oxygens (including phenoxy) is 1. The van der Waals surface area contributed by atoms with Gasteiger partial charge in [-0.05, 0) is 30.5 Å². The number of rotatable bonds is 3. The van der Waals surface area contributed by atoms with E-state index in [1.54, 1.807) is 0 Å². The standard InChI is InChI=1S/C17H17F3N2O4/c1-25-17(24)22-3-2-9(14-8-15(23)21-26-14)6-13(22)16(20)10-4-11(18)7-12(19)5-10/h4-5,7-9,13,16H,2-3,6H2,1H3,(H,21,23)/t9-,13+,16?/m1/s1. The fourth-order valence-electron chi connectivity index (χ4n) is 3.33. The molecule has 2 heterocycles. The zero-order valence-corrected chi connectivity index (χ0v) is 13.9. The molecule has 140 valence electrons. The highest BCUT2D eigenvalue weighted by Crippen LogP contribution is 2.38. The number of amides is 1. The van der Waals surface area contributed by atoms with Crippen molar-refractivity contribution >= 4 is 6.09 Å². The minimum atomic E-state index is -1.84. The maximum Gasteiger partial charge on any atom is 0.409 e. The molecular weight excluding hydrogens is 353 g/mol. The number of halogens is 3. The molecule has 3 rings (SSSR count). The molecule has 1 N–H and O–H groups in total. The van der Waals surface area contributed by atoms with E-state index in [0.717, 1.165) is 12.1 Å². The Morgan fingerprint density at radius 2 is 2.00 bits per heavy atom. The highest BCUT2D eigenvalue weighted by atomic mass is 19.1. The van der Waals surface area contributed by atoms with E-state index >= 15 is 4.39 Å². The van der Waals surface area contributed by atoms with Crippen LogP contribution < -0.4 is 5.56 Å². The van der Waals surface area contributed by atoms with Crippen LogP contribution in [0.5, 0.6) is 0 Å². The summed E-state index contributed by atoms with van der Waals surface area (Å²) in [7, 11) is 1.17. The minimum absolute atomic E-state index is 0.106. The van der Waals surface area contributed by atoms with E-state index < -0.39 is 35.5 Å². The number of piperidine rings is 1. The van der Waals surface area contributed by atoms with Gasteiger partial charge in [0.05, 0.1) is 13.2 Å². The van der Waals surface area contributed by atoms with E-state index in [4.69, 9.17) is 9.26 Å². The number of H-pyrrole nitrogens is 1. The number of benzene rings is 1. The van der Waals surface area contributed by atoms with Gasteiger partial charge in [0.1, 0.15) is 23.6 Å². The van der Waals surface area contributed by atoms with Gasteiger partial charge in [-0.3, -0.25) is 4.79 Å². The van der Waals surface area contributed by atoms with Crippen LogP contribution in [0.2, 0.25) is 0 Å². The summed E-state index contributed by atoms with van der Waals surface area (Å²) in [6.07, 6.45) is -2.04. The number of nitrogens with zero attached hydrogens (tertiary/aromatic N) is 1. The average molecular weight is 370 g/mol. The predicted octanol–water partition coefficient (Wildman–Crippen LogP) is 3.27. The first kappa shape index (κ1) is 18.1. The molecule has 9 heteroatoms. The lowest BCUT2D eigenvalue weighted by Crippen LogP contribution is -2.47. The van der Waals surface area contributed by atoms with Gasteiger partial charge in [0.2, 0.25) is 0 Å². The van der Waals surface area contributed by atoms with E-state index in [1.807, 2.05) is 0 Å². The third-order valence-electron chi connectivity index (χ3n) is 4.54. The van der Waals surface area contributed by atoms with E-state index in [2.05, 4.69) is 5.16 Å². The lowest BCUT2D eigenvalue weighted by atomic mass is 9.85. The van der Waals surface area contributed by atoms with Crippen molar-refractivity contribution in [2.45, 2.75) is 31.0 Å². The molecule has 26 heavy (non-hydrogen) atoms. The van der Waals surface area contributed by atoms with Crippen molar-refractivity contribution < 1.29 is 27.2 Å². The molecule has 6 nitrogen and oxygen atoms in total. The second-order valence-electron chi connectivity index (χ2n) is 6.17. The van der Waals surface area contributed by atoms with Crippen LogP contribution in [0.4, 0.5) is 18.0 Å². The molecule has 0 bridgehead atoms. The van der Waals surface area contributed by atoms with Crippen molar-refractivity contribution in [2.24, 2.45) is 0 Å². The Morgan fingerprint density at radius 1 is 1.31 bits per heavy atom. The Morgan fingerprint density at radius 3 is 2.58 bits per heavy atom. The van der Waals surface area contributed by atoms with Gasteiger partial charge in [-0.2, -0.15) is 5.16 Å². The van der Waals surface area contributed by atoms with Crippen LogP contribution in [0.1, 0.15) is 36.3 Å². The van der Waals surface area contributed by atoms with Gasteiger partial charge >= 0.3 is 6.09 Å². The second kappa shape index (κ2) is 7.27. The number of methoxy groups -OCH3 is 1. The molecular formula is C17H17F3N2O4. The van der Waals surface area contributed by atoms with Crippen LogP contribution >= 0.6 is 0 Å². The highest BCUT2D eigenvalue weighted by Gasteiger charge is 2.40. The maximum atomic E-state index is 15.1. The molecule has 0 aliphatic carbocycles. The van der Waals surface area contributed by atoms with Crippen LogP contribution in [-0.4, -0.2) is 35.8 Å². The van der Waals surface area contributed by atoms with Crippen LogP contribution in [0, 0.1) is 11.6 Å². The Hall–Kier alpha value is -2.71. The summed E-state index contributed by atoms with van der Waals surface area (Å²) in [5.74, 6) is -1.79. The second-order valence-corrected chi connectivity index (χ2v) is 6.17. The molecule has 0 radical (unpaired) electrons. The molecule has 1 fully saturated rings. The lowest BCUT2D eigenvalue weighted by molar-refractivity contribution is 0.0480. The summed E-state index contributed by atoms with van der Waals surface area (Å²) in [5, 5.41) is 2.17. The zero-order valence-electron chi connectivity index (χ0n) is 13.9. The summed E-state index contributed by atoms with van der Waals surface area (Å²) in [6, 6.07) is 2.67. The fourth-order valence-corrected chi connectivity index (χ4v) is 3.33. The number of nitrogens with one attached hydrogen (secondary N) is 1. The minimum Gasteiger partial charge on any atom is -0.453 e. The van der Waals surface area contributed by atoms with E-state index in [9.17, 15) is 18.4 Å². The number of carbonyl (C=O) groups excluding carboxylic acids is 1. The SMILES string of the molecule is COC(=O)N1CC[C@@H](c2cc(=O)[nH]o2)C[C@H]1C(F)c1cc(F)cc(F)c1. The first-order chi connectivity index (χ1) is 12.4. The largest absolute Gasteiger partial charge is 0.453 e. The molecule has 1 aromatic carbocycles. The number of carbonyl (C=O) groups is 1. The Balaban J connectivity index is 1.91. The summed E-state index contributed by atoms with van der Waals surface area (Å²) >= 11 is 0. The van der Waals surface area contributed by atoms with E-state index in [0.29, 0.717) is 18.2 Å². The zero-order chi connectivity index (χ0) is 18.8. The van der Waals surface area contributed by atoms with E-state index in [1.165, 1.54) is 18.1 Å². The molecule has 1 unspecified atom stereocenters. The molecule has 1 aliphatic rings. The Bertz CT molecular complexity index is 830. The van der Waals surface area contributed by atoms with Gasteiger partial charge in [-0.25, -0.2) is 18.0 Å². The molecule has 2 aromatic rings. The maximum absolute atomic E-state index is 15.1. The molecule has 0 saturated carbocycles. The molecule has 1 aromatic heterocycles. The van der Waals surface area contributed by atoms with Crippen LogP contribution in [0.15, 0.2) is 33.6 Å². The molecule has 0 spiro atoms. The van der Waals surface area contributed by atoms with Crippen molar-refractivity contribution in [1.29, 1.82) is 0 Å². The number of aromatic nitrogens is 1. The van der Waals surface area contributed by atoms with Gasteiger partial charge < -0.3 is 14.2 Å². The third-order valence-corrected chi connectivity index (χ3v) is 4.54. The quantitative estimate of drug-likeness (QED) is 0.900. The van der Waals surface area contributed by atoms with Crippen LogP contribution in [0.25, 0.3) is 0 Å². The number of aromatic amines is 1. The van der Waals surface area contributed by atoms with Crippen LogP contribution in [-0.2, 0) is 4.74 Å². The molecule has 1 amide bonds. The fraction of sp³-hybridized carbons (Fsp3) is 0.412. The van der Waals surface area contributed by atoms with Crippen molar-refractivity contribution in [1.82, 2.24) is 10.1 Å². The lowest BCUT2D eigenvalue weighted by Gasteiger charge is -2.39. The van der Waals surface area contributed by atoms with Gasteiger partial charge in [-0.15, -0.1) is 0 Å². The molecule has 1 aliphatic heterocycles. The van der Waals surface area contributed by atoms with Crippen molar-refractivity contribution in [2.75, 3.05) is 13.7 Å². The monoisotopic (exact) mass is 370 g/mol. The Labute approximate surface area is 146 Å². The summed E-state index contributed by atoms with van der Waals surface area (Å²) in [5.41, 5.74) is -0.631. The third kappa shape index (κ3) is 3.61. The molecule has 3 atom stereocenters. The smallest absolute Gasteiger partial charge is 0.409 e. The van der Waals surface area contributed by atoms with Gasteiger partial charge in [-0.1, -0.05) is 0 Å². The van der Waals surface area contributed by atoms with Crippen molar-refractivity contribution in [3.05, 3.63) is 57.6 Å². The first-order valence-electron chi connectivity index (χ1n) is 8.02. The number of hydrogen-bond acceptors (Lipinski definition) is 4. The Kier molecular flexibility index (Phi) is 5.06. The normalized spacial score (nSPS) is 21.5. The molecule has 1 saturated heterocycles.